The van der Waals surface area contributed by atoms with Crippen molar-refractivity contribution >= 4 is 10.8 Å². The summed E-state index contributed by atoms with van der Waals surface area (Å²) >= 11 is 0. The SMILES string of the molecule is CCCNCc1ncc(-c2cccc3ccccc23)[nH]1. The first-order chi connectivity index (χ1) is 9.88. The molecule has 0 saturated heterocycles. The number of aromatic amines is 1. The van der Waals surface area contributed by atoms with Gasteiger partial charge in [0.25, 0.3) is 0 Å². The van der Waals surface area contributed by atoms with Crippen LogP contribution >= 0.6 is 0 Å². The van der Waals surface area contributed by atoms with Gasteiger partial charge in [0.15, 0.2) is 0 Å². The Kier molecular flexibility index (Phi) is 3.79. The number of rotatable bonds is 5. The van der Waals surface area contributed by atoms with Gasteiger partial charge in [-0.3, -0.25) is 0 Å². The van der Waals surface area contributed by atoms with Crippen molar-refractivity contribution in [2.45, 2.75) is 19.9 Å². The van der Waals surface area contributed by atoms with Gasteiger partial charge in [-0.2, -0.15) is 0 Å². The third-order valence-corrected chi connectivity index (χ3v) is 3.43. The van der Waals surface area contributed by atoms with Gasteiger partial charge < -0.3 is 10.3 Å². The van der Waals surface area contributed by atoms with Crippen LogP contribution in [0.4, 0.5) is 0 Å². The Balaban J connectivity index is 1.91. The molecule has 3 nitrogen and oxygen atoms in total. The van der Waals surface area contributed by atoms with Gasteiger partial charge in [-0.05, 0) is 23.7 Å². The smallest absolute Gasteiger partial charge is 0.120 e. The first-order valence-corrected chi connectivity index (χ1v) is 7.11. The number of hydrogen-bond acceptors (Lipinski definition) is 2. The second-order valence-electron chi connectivity index (χ2n) is 4.95. The van der Waals surface area contributed by atoms with Crippen LogP contribution < -0.4 is 5.32 Å². The maximum absolute atomic E-state index is 4.45. The summed E-state index contributed by atoms with van der Waals surface area (Å²) in [6.07, 6.45) is 3.06. The lowest BCUT2D eigenvalue weighted by molar-refractivity contribution is 0.655. The zero-order valence-corrected chi connectivity index (χ0v) is 11.7. The van der Waals surface area contributed by atoms with Crippen LogP contribution in [0, 0.1) is 0 Å². The average molecular weight is 265 g/mol. The molecule has 0 spiro atoms. The molecular formula is C17H19N3. The normalized spacial score (nSPS) is 11.1. The quantitative estimate of drug-likeness (QED) is 0.690. The van der Waals surface area contributed by atoms with Crippen LogP contribution in [0.2, 0.25) is 0 Å². The van der Waals surface area contributed by atoms with E-state index in [1.807, 2.05) is 6.20 Å². The van der Waals surface area contributed by atoms with E-state index in [0.29, 0.717) is 0 Å². The van der Waals surface area contributed by atoms with Crippen molar-refractivity contribution in [2.24, 2.45) is 0 Å². The molecule has 2 aromatic carbocycles. The maximum atomic E-state index is 4.45. The summed E-state index contributed by atoms with van der Waals surface area (Å²) in [6.45, 7) is 3.97. The van der Waals surface area contributed by atoms with E-state index in [1.165, 1.54) is 16.3 Å². The summed E-state index contributed by atoms with van der Waals surface area (Å²) in [5.41, 5.74) is 2.28. The van der Waals surface area contributed by atoms with Gasteiger partial charge in [-0.15, -0.1) is 0 Å². The van der Waals surface area contributed by atoms with Gasteiger partial charge in [-0.1, -0.05) is 49.4 Å². The minimum Gasteiger partial charge on any atom is -0.341 e. The highest BCUT2D eigenvalue weighted by atomic mass is 15.0. The molecular weight excluding hydrogens is 246 g/mol. The highest BCUT2D eigenvalue weighted by Gasteiger charge is 2.06. The highest BCUT2D eigenvalue weighted by Crippen LogP contribution is 2.27. The second-order valence-corrected chi connectivity index (χ2v) is 4.95. The molecule has 1 heterocycles. The Hall–Kier alpha value is -2.13. The van der Waals surface area contributed by atoms with Gasteiger partial charge >= 0.3 is 0 Å². The van der Waals surface area contributed by atoms with Crippen molar-refractivity contribution in [2.75, 3.05) is 6.54 Å². The number of fused-ring (bicyclic) bond motifs is 1. The molecule has 0 aliphatic carbocycles. The molecule has 102 valence electrons. The minimum absolute atomic E-state index is 0.790. The summed E-state index contributed by atoms with van der Waals surface area (Å²) < 4.78 is 0. The monoisotopic (exact) mass is 265 g/mol. The number of aromatic nitrogens is 2. The Labute approximate surface area is 119 Å². The summed E-state index contributed by atoms with van der Waals surface area (Å²) in [7, 11) is 0. The number of nitrogens with one attached hydrogen (secondary N) is 2. The Bertz CT molecular complexity index is 695. The zero-order chi connectivity index (χ0) is 13.8. The van der Waals surface area contributed by atoms with Crippen molar-refractivity contribution in [3.8, 4) is 11.3 Å². The standard InChI is InChI=1S/C17H19N3/c1-2-10-18-12-17-19-11-16(20-17)15-9-5-7-13-6-3-4-8-14(13)15/h3-9,11,18H,2,10,12H2,1H3,(H,19,20). The summed E-state index contributed by atoms with van der Waals surface area (Å²) in [4.78, 5) is 7.86. The predicted molar refractivity (Wildman–Crippen MR) is 83.5 cm³/mol. The van der Waals surface area contributed by atoms with Gasteiger partial charge in [-0.25, -0.2) is 4.98 Å². The van der Waals surface area contributed by atoms with Crippen LogP contribution in [-0.4, -0.2) is 16.5 Å². The molecule has 0 amide bonds. The van der Waals surface area contributed by atoms with E-state index in [1.54, 1.807) is 0 Å². The van der Waals surface area contributed by atoms with Gasteiger partial charge in [0.05, 0.1) is 18.4 Å². The molecule has 2 N–H and O–H groups in total. The van der Waals surface area contributed by atoms with E-state index in [9.17, 15) is 0 Å². The van der Waals surface area contributed by atoms with Crippen molar-refractivity contribution in [3.63, 3.8) is 0 Å². The molecule has 3 heteroatoms. The number of hydrogen-bond donors (Lipinski definition) is 2. The predicted octanol–water partition coefficient (Wildman–Crippen LogP) is 3.73. The number of imidazole rings is 1. The fourth-order valence-corrected chi connectivity index (χ4v) is 2.43. The maximum Gasteiger partial charge on any atom is 0.120 e. The summed E-state index contributed by atoms with van der Waals surface area (Å²) in [6, 6.07) is 14.8. The topological polar surface area (TPSA) is 40.7 Å². The molecule has 3 rings (SSSR count). The van der Waals surface area contributed by atoms with Crippen LogP contribution in [0.15, 0.2) is 48.7 Å². The van der Waals surface area contributed by atoms with Crippen LogP contribution in [-0.2, 0) is 6.54 Å². The number of H-pyrrole nitrogens is 1. The summed E-state index contributed by atoms with van der Waals surface area (Å²) in [5.74, 6) is 0.987. The minimum atomic E-state index is 0.790. The van der Waals surface area contributed by atoms with Crippen molar-refractivity contribution in [1.82, 2.24) is 15.3 Å². The number of nitrogens with zero attached hydrogens (tertiary/aromatic N) is 1. The molecule has 0 aliphatic heterocycles. The van der Waals surface area contributed by atoms with Gasteiger partial charge in [0.1, 0.15) is 5.82 Å². The molecule has 0 fully saturated rings. The van der Waals surface area contributed by atoms with Crippen LogP contribution in [0.3, 0.4) is 0 Å². The van der Waals surface area contributed by atoms with E-state index >= 15 is 0 Å². The molecule has 0 unspecified atom stereocenters. The Morgan fingerprint density at radius 1 is 1.10 bits per heavy atom. The van der Waals surface area contributed by atoms with E-state index in [4.69, 9.17) is 0 Å². The third kappa shape index (κ3) is 2.58. The molecule has 20 heavy (non-hydrogen) atoms. The number of benzene rings is 2. The molecule has 0 radical (unpaired) electrons. The molecule has 0 atom stereocenters. The van der Waals surface area contributed by atoms with Crippen molar-refractivity contribution in [1.29, 1.82) is 0 Å². The molecule has 3 aromatic rings. The van der Waals surface area contributed by atoms with Crippen molar-refractivity contribution < 1.29 is 0 Å². The fraction of sp³-hybridized carbons (Fsp3) is 0.235. The largest absolute Gasteiger partial charge is 0.341 e. The molecule has 0 aliphatic rings. The zero-order valence-electron chi connectivity index (χ0n) is 11.7. The average Bonchev–Trinajstić information content (AvgIpc) is 2.96. The first-order valence-electron chi connectivity index (χ1n) is 7.11. The van der Waals surface area contributed by atoms with Crippen LogP contribution in [0.5, 0.6) is 0 Å². The van der Waals surface area contributed by atoms with Gasteiger partial charge in [0, 0.05) is 5.56 Å². The molecule has 1 aromatic heterocycles. The fourth-order valence-electron chi connectivity index (χ4n) is 2.43. The lowest BCUT2D eigenvalue weighted by Crippen LogP contribution is -2.14. The highest BCUT2D eigenvalue weighted by molar-refractivity contribution is 5.95. The second kappa shape index (κ2) is 5.88. The molecule has 0 saturated carbocycles. The lowest BCUT2D eigenvalue weighted by atomic mass is 10.0. The summed E-state index contributed by atoms with van der Waals surface area (Å²) in [5, 5.41) is 5.87. The first kappa shape index (κ1) is 12.9. The van der Waals surface area contributed by atoms with E-state index in [0.717, 1.165) is 31.0 Å². The Morgan fingerprint density at radius 2 is 1.95 bits per heavy atom. The lowest BCUT2D eigenvalue weighted by Gasteiger charge is -2.04. The third-order valence-electron chi connectivity index (χ3n) is 3.43. The van der Waals surface area contributed by atoms with E-state index < -0.39 is 0 Å². The van der Waals surface area contributed by atoms with Crippen LogP contribution in [0.1, 0.15) is 19.2 Å². The molecule has 0 bridgehead atoms. The van der Waals surface area contributed by atoms with Crippen LogP contribution in [0.25, 0.3) is 22.0 Å². The Morgan fingerprint density at radius 3 is 2.85 bits per heavy atom. The van der Waals surface area contributed by atoms with E-state index in [-0.39, 0.29) is 0 Å². The van der Waals surface area contributed by atoms with E-state index in [2.05, 4.69) is 64.7 Å². The van der Waals surface area contributed by atoms with Gasteiger partial charge in [0.2, 0.25) is 0 Å². The van der Waals surface area contributed by atoms with Crippen molar-refractivity contribution in [3.05, 3.63) is 54.5 Å².